The van der Waals surface area contributed by atoms with Gasteiger partial charge in [-0.2, -0.15) is 0 Å². The summed E-state index contributed by atoms with van der Waals surface area (Å²) in [6, 6.07) is 7.37. The number of thiocarbonyl (C=S) groups is 1. The second-order valence-corrected chi connectivity index (χ2v) is 4.69. The van der Waals surface area contributed by atoms with Gasteiger partial charge in [-0.15, -0.1) is 11.6 Å². The first-order chi connectivity index (χ1) is 9.22. The molecule has 0 radical (unpaired) electrons. The second kappa shape index (κ2) is 4.20. The van der Waals surface area contributed by atoms with Crippen molar-refractivity contribution in [3.05, 3.63) is 52.7 Å². The van der Waals surface area contributed by atoms with Crippen molar-refractivity contribution in [2.24, 2.45) is 0 Å². The number of nitrogens with zero attached hydrogens (tertiary/aromatic N) is 3. The Kier molecular flexibility index (Phi) is 2.64. The molecule has 3 nitrogen and oxygen atoms in total. The summed E-state index contributed by atoms with van der Waals surface area (Å²) in [5, 5.41) is 1.54. The minimum atomic E-state index is 0.257. The van der Waals surface area contributed by atoms with Gasteiger partial charge in [0, 0.05) is 11.3 Å². The van der Waals surface area contributed by atoms with Gasteiger partial charge in [0.05, 0.1) is 19.1 Å². The van der Waals surface area contributed by atoms with Crippen molar-refractivity contribution < 1.29 is 0 Å². The molecule has 0 unspecified atom stereocenters. The van der Waals surface area contributed by atoms with Crippen LogP contribution in [0.4, 0.5) is 17.1 Å². The number of rotatable bonds is 1. The molecule has 1 heterocycles. The Hall–Kier alpha value is -2.14. The lowest BCUT2D eigenvalue weighted by molar-refractivity contribution is 1.27. The third-order valence-corrected chi connectivity index (χ3v) is 3.90. The molecule has 2 aromatic carbocycles. The Morgan fingerprint density at radius 2 is 1.68 bits per heavy atom. The molecular weight excluding hydrogens is 278 g/mol. The quantitative estimate of drug-likeness (QED) is 0.327. The van der Waals surface area contributed by atoms with Crippen molar-refractivity contribution in [1.29, 1.82) is 0 Å². The number of halogens is 1. The van der Waals surface area contributed by atoms with E-state index in [0.717, 1.165) is 16.6 Å². The van der Waals surface area contributed by atoms with Crippen LogP contribution in [0.2, 0.25) is 0 Å². The number of hydrogen-bond donors (Lipinski definition) is 0. The maximum atomic E-state index is 7.25. The number of anilines is 1. The maximum Gasteiger partial charge on any atom is 0.185 e. The third-order valence-electron chi connectivity index (χ3n) is 3.22. The Morgan fingerprint density at radius 3 is 2.26 bits per heavy atom. The lowest BCUT2D eigenvalue weighted by atomic mass is 10.0. The van der Waals surface area contributed by atoms with E-state index < -0.39 is 0 Å². The lowest BCUT2D eigenvalue weighted by Crippen LogP contribution is -2.23. The fourth-order valence-corrected chi connectivity index (χ4v) is 3.06. The van der Waals surface area contributed by atoms with Gasteiger partial charge in [-0.1, -0.05) is 30.4 Å². The standard InChI is InChI=1S/C14H6ClN3S/c1-16-9-4-3-8-12-11(18(7-15)14(8)19)6-5-10(17-2)13(9)12/h3-6H,7H2. The van der Waals surface area contributed by atoms with Gasteiger partial charge in [-0.25, -0.2) is 9.69 Å². The van der Waals surface area contributed by atoms with Crippen molar-refractivity contribution >= 4 is 56.6 Å². The maximum absolute atomic E-state index is 7.25. The lowest BCUT2D eigenvalue weighted by Gasteiger charge is -2.15. The average molecular weight is 284 g/mol. The van der Waals surface area contributed by atoms with Crippen molar-refractivity contribution in [1.82, 2.24) is 0 Å². The van der Waals surface area contributed by atoms with Crippen LogP contribution in [0.25, 0.3) is 20.5 Å². The predicted molar refractivity (Wildman–Crippen MR) is 81.4 cm³/mol. The van der Waals surface area contributed by atoms with Gasteiger partial charge in [0.2, 0.25) is 0 Å². The molecule has 0 atom stereocenters. The van der Waals surface area contributed by atoms with E-state index >= 15 is 0 Å². The molecule has 90 valence electrons. The van der Waals surface area contributed by atoms with Gasteiger partial charge in [0.1, 0.15) is 4.99 Å². The molecular formula is C14H6ClN3S. The number of benzene rings is 2. The van der Waals surface area contributed by atoms with Crippen LogP contribution in [0.1, 0.15) is 5.56 Å². The SMILES string of the molecule is [C-]#[N+]c1ccc2c3c(ccc([N+]#[C-])c13)N(CCl)C2=S. The summed E-state index contributed by atoms with van der Waals surface area (Å²) >= 11 is 11.3. The van der Waals surface area contributed by atoms with Gasteiger partial charge in [0.25, 0.3) is 0 Å². The first-order valence-electron chi connectivity index (χ1n) is 5.45. The second-order valence-electron chi connectivity index (χ2n) is 4.06. The molecule has 3 rings (SSSR count). The van der Waals surface area contributed by atoms with Crippen LogP contribution in [0.3, 0.4) is 0 Å². The molecule has 0 saturated carbocycles. The van der Waals surface area contributed by atoms with Crippen molar-refractivity contribution in [3.8, 4) is 0 Å². The van der Waals surface area contributed by atoms with Crippen LogP contribution in [-0.4, -0.2) is 11.0 Å². The van der Waals surface area contributed by atoms with E-state index in [1.54, 1.807) is 12.1 Å². The molecule has 0 amide bonds. The van der Waals surface area contributed by atoms with E-state index in [9.17, 15) is 0 Å². The van der Waals surface area contributed by atoms with Crippen LogP contribution in [0.5, 0.6) is 0 Å². The summed E-state index contributed by atoms with van der Waals surface area (Å²) in [5.41, 5.74) is 2.71. The molecule has 0 fully saturated rings. The summed E-state index contributed by atoms with van der Waals surface area (Å²) < 4.78 is 0. The zero-order chi connectivity index (χ0) is 13.6. The first kappa shape index (κ1) is 11.9. The van der Waals surface area contributed by atoms with E-state index in [1.807, 2.05) is 17.0 Å². The average Bonchev–Trinajstić information content (AvgIpc) is 2.73. The van der Waals surface area contributed by atoms with Crippen LogP contribution >= 0.6 is 23.8 Å². The van der Waals surface area contributed by atoms with Crippen molar-refractivity contribution in [3.63, 3.8) is 0 Å². The summed E-state index contributed by atoms with van der Waals surface area (Å²) in [6.07, 6.45) is 0. The molecule has 1 aliphatic rings. The molecule has 1 aliphatic heterocycles. The van der Waals surface area contributed by atoms with Crippen LogP contribution in [0, 0.1) is 13.1 Å². The molecule has 0 N–H and O–H groups in total. The Bertz CT molecular complexity index is 794. The number of hydrogen-bond acceptors (Lipinski definition) is 1. The summed E-state index contributed by atoms with van der Waals surface area (Å²) in [6.45, 7) is 14.5. The molecule has 0 aromatic heterocycles. The minimum absolute atomic E-state index is 0.257. The molecule has 5 heteroatoms. The normalized spacial score (nSPS) is 12.6. The van der Waals surface area contributed by atoms with Gasteiger partial charge < -0.3 is 4.90 Å². The predicted octanol–water partition coefficient (Wildman–Crippen LogP) is 4.63. The topological polar surface area (TPSA) is 12.0 Å². The third kappa shape index (κ3) is 1.45. The summed E-state index contributed by atoms with van der Waals surface area (Å²) in [4.78, 5) is 9.47. The molecule has 19 heavy (non-hydrogen) atoms. The minimum Gasteiger partial charge on any atom is -0.317 e. The van der Waals surface area contributed by atoms with Crippen LogP contribution in [0.15, 0.2) is 24.3 Å². The number of alkyl halides is 1. The Balaban J connectivity index is 2.54. The molecule has 0 bridgehead atoms. The zero-order valence-corrected chi connectivity index (χ0v) is 11.2. The van der Waals surface area contributed by atoms with E-state index in [2.05, 4.69) is 9.69 Å². The van der Waals surface area contributed by atoms with E-state index in [-0.39, 0.29) is 6.00 Å². The van der Waals surface area contributed by atoms with Gasteiger partial charge >= 0.3 is 0 Å². The smallest absolute Gasteiger partial charge is 0.185 e. The highest BCUT2D eigenvalue weighted by atomic mass is 35.5. The van der Waals surface area contributed by atoms with E-state index in [0.29, 0.717) is 21.7 Å². The van der Waals surface area contributed by atoms with Gasteiger partial charge in [-0.3, -0.25) is 0 Å². The van der Waals surface area contributed by atoms with E-state index in [1.165, 1.54) is 0 Å². The molecule has 0 aliphatic carbocycles. The first-order valence-corrected chi connectivity index (χ1v) is 6.39. The fourth-order valence-electron chi connectivity index (χ4n) is 2.40. The van der Waals surface area contributed by atoms with Crippen molar-refractivity contribution in [2.45, 2.75) is 0 Å². The molecule has 0 saturated heterocycles. The summed E-state index contributed by atoms with van der Waals surface area (Å²) in [5.74, 6) is 0. The highest BCUT2D eigenvalue weighted by Crippen LogP contribution is 2.46. The highest BCUT2D eigenvalue weighted by Gasteiger charge is 2.27. The van der Waals surface area contributed by atoms with Gasteiger partial charge in [0.15, 0.2) is 11.4 Å². The monoisotopic (exact) mass is 283 g/mol. The molecule has 0 spiro atoms. The Morgan fingerprint density at radius 1 is 1.05 bits per heavy atom. The van der Waals surface area contributed by atoms with Crippen LogP contribution in [-0.2, 0) is 0 Å². The zero-order valence-electron chi connectivity index (χ0n) is 9.64. The fraction of sp³-hybridized carbons (Fsp3) is 0.0714. The van der Waals surface area contributed by atoms with Crippen LogP contribution < -0.4 is 4.90 Å². The van der Waals surface area contributed by atoms with Gasteiger partial charge in [-0.05, 0) is 16.8 Å². The van der Waals surface area contributed by atoms with E-state index in [4.69, 9.17) is 37.0 Å². The van der Waals surface area contributed by atoms with Crippen molar-refractivity contribution in [2.75, 3.05) is 10.9 Å². The molecule has 2 aromatic rings. The largest absolute Gasteiger partial charge is 0.317 e. The highest BCUT2D eigenvalue weighted by molar-refractivity contribution is 7.81. The Labute approximate surface area is 120 Å². The summed E-state index contributed by atoms with van der Waals surface area (Å²) in [7, 11) is 0.